The summed E-state index contributed by atoms with van der Waals surface area (Å²) in [4.78, 5) is 0. The summed E-state index contributed by atoms with van der Waals surface area (Å²) in [6.07, 6.45) is 0. The number of benzene rings is 1. The molecule has 0 saturated carbocycles. The highest BCUT2D eigenvalue weighted by atomic mass is 35.5. The molecule has 14 heavy (non-hydrogen) atoms. The van der Waals surface area contributed by atoms with Crippen molar-refractivity contribution in [1.29, 1.82) is 0 Å². The molecule has 78 valence electrons. The second-order valence-electron chi connectivity index (χ2n) is 4.54. The van der Waals surface area contributed by atoms with Gasteiger partial charge in [-0.2, -0.15) is 0 Å². The fourth-order valence-corrected chi connectivity index (χ4v) is 2.50. The van der Waals surface area contributed by atoms with Crippen LogP contribution in [0.3, 0.4) is 0 Å². The molecule has 0 aliphatic rings. The Hall–Kier alpha value is -0.490. The van der Waals surface area contributed by atoms with Gasteiger partial charge in [0.05, 0.1) is 0 Å². The Labute approximate surface area is 92.3 Å². The minimum Gasteiger partial charge on any atom is -0.0840 e. The quantitative estimate of drug-likeness (QED) is 0.677. The van der Waals surface area contributed by atoms with Gasteiger partial charge in [0.25, 0.3) is 0 Å². The zero-order chi connectivity index (χ0) is 10.7. The van der Waals surface area contributed by atoms with E-state index in [1.807, 2.05) is 12.1 Å². The molecule has 0 amide bonds. The van der Waals surface area contributed by atoms with E-state index in [-0.39, 0.29) is 0 Å². The molecule has 0 N–H and O–H groups in total. The number of hydrogen-bond donors (Lipinski definition) is 0. The lowest BCUT2D eigenvalue weighted by Gasteiger charge is -2.26. The van der Waals surface area contributed by atoms with Crippen molar-refractivity contribution in [2.24, 2.45) is 11.8 Å². The monoisotopic (exact) mass is 210 g/mol. The lowest BCUT2D eigenvalue weighted by atomic mass is 9.80. The van der Waals surface area contributed by atoms with E-state index in [0.717, 1.165) is 5.02 Å². The maximum absolute atomic E-state index is 6.21. The lowest BCUT2D eigenvalue weighted by molar-refractivity contribution is 0.388. The van der Waals surface area contributed by atoms with E-state index in [4.69, 9.17) is 11.6 Å². The van der Waals surface area contributed by atoms with Gasteiger partial charge in [-0.05, 0) is 29.4 Å². The van der Waals surface area contributed by atoms with Crippen LogP contribution in [0.4, 0.5) is 0 Å². The standard InChI is InChI=1S/C13H19Cl/c1-9(2)13(10(3)4)11-7-5-6-8-12(11)14/h5-10,13H,1-4H3. The Kier molecular flexibility index (Phi) is 4.00. The molecular weight excluding hydrogens is 192 g/mol. The zero-order valence-electron chi connectivity index (χ0n) is 9.42. The molecule has 0 aliphatic heterocycles. The molecule has 0 heterocycles. The Balaban J connectivity index is 3.05. The topological polar surface area (TPSA) is 0 Å². The van der Waals surface area contributed by atoms with Crippen molar-refractivity contribution in [3.05, 3.63) is 34.9 Å². The van der Waals surface area contributed by atoms with Gasteiger partial charge in [0.15, 0.2) is 0 Å². The molecule has 0 saturated heterocycles. The van der Waals surface area contributed by atoms with E-state index in [0.29, 0.717) is 17.8 Å². The summed E-state index contributed by atoms with van der Waals surface area (Å²) < 4.78 is 0. The van der Waals surface area contributed by atoms with E-state index in [1.54, 1.807) is 0 Å². The van der Waals surface area contributed by atoms with Crippen molar-refractivity contribution in [1.82, 2.24) is 0 Å². The first kappa shape index (κ1) is 11.6. The molecule has 0 fully saturated rings. The van der Waals surface area contributed by atoms with Crippen LogP contribution in [0.25, 0.3) is 0 Å². The number of rotatable bonds is 3. The molecule has 0 aromatic heterocycles. The molecule has 0 spiro atoms. The molecule has 0 atom stereocenters. The van der Waals surface area contributed by atoms with Gasteiger partial charge in [-0.1, -0.05) is 57.5 Å². The molecule has 1 heteroatoms. The van der Waals surface area contributed by atoms with Gasteiger partial charge >= 0.3 is 0 Å². The van der Waals surface area contributed by atoms with Crippen molar-refractivity contribution < 1.29 is 0 Å². The Bertz CT molecular complexity index is 281. The first-order chi connectivity index (χ1) is 6.54. The second-order valence-corrected chi connectivity index (χ2v) is 4.94. The van der Waals surface area contributed by atoms with Gasteiger partial charge in [0.2, 0.25) is 0 Å². The van der Waals surface area contributed by atoms with Gasteiger partial charge in [-0.3, -0.25) is 0 Å². The fourth-order valence-electron chi connectivity index (χ4n) is 2.23. The largest absolute Gasteiger partial charge is 0.0840 e. The third-order valence-corrected chi connectivity index (χ3v) is 3.05. The maximum Gasteiger partial charge on any atom is 0.0441 e. The van der Waals surface area contributed by atoms with Crippen molar-refractivity contribution in [2.45, 2.75) is 33.6 Å². The van der Waals surface area contributed by atoms with E-state index in [2.05, 4.69) is 39.8 Å². The Morgan fingerprint density at radius 1 is 0.929 bits per heavy atom. The van der Waals surface area contributed by atoms with Gasteiger partial charge in [-0.15, -0.1) is 0 Å². The SMILES string of the molecule is CC(C)C(c1ccccc1Cl)C(C)C. The molecule has 1 rings (SSSR count). The molecule has 0 aliphatic carbocycles. The van der Waals surface area contributed by atoms with Gasteiger partial charge in [0.1, 0.15) is 0 Å². The summed E-state index contributed by atoms with van der Waals surface area (Å²) in [7, 11) is 0. The fraction of sp³-hybridized carbons (Fsp3) is 0.538. The van der Waals surface area contributed by atoms with Crippen molar-refractivity contribution in [3.8, 4) is 0 Å². The average molecular weight is 211 g/mol. The van der Waals surface area contributed by atoms with Crippen LogP contribution in [0.1, 0.15) is 39.2 Å². The maximum atomic E-state index is 6.21. The van der Waals surface area contributed by atoms with E-state index in [1.165, 1.54) is 5.56 Å². The van der Waals surface area contributed by atoms with E-state index < -0.39 is 0 Å². The lowest BCUT2D eigenvalue weighted by Crippen LogP contribution is -2.13. The summed E-state index contributed by atoms with van der Waals surface area (Å²) in [6, 6.07) is 8.18. The molecular formula is C13H19Cl. The molecule has 0 nitrogen and oxygen atoms in total. The molecule has 1 aromatic rings. The van der Waals surface area contributed by atoms with Crippen LogP contribution in [0, 0.1) is 11.8 Å². The average Bonchev–Trinajstić information content (AvgIpc) is 2.07. The highest BCUT2D eigenvalue weighted by Gasteiger charge is 2.21. The van der Waals surface area contributed by atoms with Crippen LogP contribution >= 0.6 is 11.6 Å². The van der Waals surface area contributed by atoms with E-state index >= 15 is 0 Å². The Morgan fingerprint density at radius 3 is 1.86 bits per heavy atom. The molecule has 0 bridgehead atoms. The third kappa shape index (κ3) is 2.51. The summed E-state index contributed by atoms with van der Waals surface area (Å²) in [5.74, 6) is 1.83. The van der Waals surface area contributed by atoms with Crippen LogP contribution in [0.5, 0.6) is 0 Å². The summed E-state index contributed by atoms with van der Waals surface area (Å²) in [5, 5.41) is 0.903. The van der Waals surface area contributed by atoms with Gasteiger partial charge in [-0.25, -0.2) is 0 Å². The number of hydrogen-bond acceptors (Lipinski definition) is 0. The van der Waals surface area contributed by atoms with Crippen LogP contribution in [0.15, 0.2) is 24.3 Å². The highest BCUT2D eigenvalue weighted by molar-refractivity contribution is 6.31. The van der Waals surface area contributed by atoms with Crippen LogP contribution in [0.2, 0.25) is 5.02 Å². The minimum absolute atomic E-state index is 0.559. The predicted molar refractivity (Wildman–Crippen MR) is 63.9 cm³/mol. The summed E-state index contributed by atoms with van der Waals surface area (Å²) in [5.41, 5.74) is 1.29. The highest BCUT2D eigenvalue weighted by Crippen LogP contribution is 2.35. The van der Waals surface area contributed by atoms with Crippen LogP contribution in [-0.2, 0) is 0 Å². The molecule has 0 unspecified atom stereocenters. The van der Waals surface area contributed by atoms with Crippen molar-refractivity contribution in [2.75, 3.05) is 0 Å². The van der Waals surface area contributed by atoms with Gasteiger partial charge in [0, 0.05) is 5.02 Å². The smallest absolute Gasteiger partial charge is 0.0441 e. The first-order valence-corrected chi connectivity index (χ1v) is 5.66. The summed E-state index contributed by atoms with van der Waals surface area (Å²) >= 11 is 6.21. The number of halogens is 1. The van der Waals surface area contributed by atoms with Crippen LogP contribution < -0.4 is 0 Å². The van der Waals surface area contributed by atoms with Gasteiger partial charge < -0.3 is 0 Å². The molecule has 0 radical (unpaired) electrons. The Morgan fingerprint density at radius 2 is 1.43 bits per heavy atom. The van der Waals surface area contributed by atoms with E-state index in [9.17, 15) is 0 Å². The first-order valence-electron chi connectivity index (χ1n) is 5.28. The minimum atomic E-state index is 0.559. The predicted octanol–water partition coefficient (Wildman–Crippen LogP) is 4.74. The summed E-state index contributed by atoms with van der Waals surface area (Å²) in [6.45, 7) is 9.03. The van der Waals surface area contributed by atoms with Crippen LogP contribution in [-0.4, -0.2) is 0 Å². The zero-order valence-corrected chi connectivity index (χ0v) is 10.2. The molecule has 1 aromatic carbocycles. The second kappa shape index (κ2) is 4.84. The normalized spacial score (nSPS) is 11.7. The van der Waals surface area contributed by atoms with Crippen molar-refractivity contribution >= 4 is 11.6 Å². The third-order valence-electron chi connectivity index (χ3n) is 2.70. The van der Waals surface area contributed by atoms with Crippen molar-refractivity contribution in [3.63, 3.8) is 0 Å².